The van der Waals surface area contributed by atoms with Gasteiger partial charge in [-0.3, -0.25) is 9.59 Å². The Balaban J connectivity index is 1.68. The number of benzene rings is 1. The first-order valence-corrected chi connectivity index (χ1v) is 13.7. The molecule has 0 bridgehead atoms. The zero-order valence-corrected chi connectivity index (χ0v) is 21.1. The van der Waals surface area contributed by atoms with Crippen LogP contribution >= 0.6 is 11.3 Å². The van der Waals surface area contributed by atoms with Crippen molar-refractivity contribution in [3.05, 3.63) is 41.0 Å². The molecule has 14 heteroatoms. The molecule has 10 nitrogen and oxygen atoms in total. The Morgan fingerprint density at radius 2 is 1.95 bits per heavy atom. The monoisotopic (exact) mass is 552 g/mol. The highest BCUT2D eigenvalue weighted by Gasteiger charge is 2.37. The van der Waals surface area contributed by atoms with Crippen molar-refractivity contribution in [2.24, 2.45) is 0 Å². The third-order valence-corrected chi connectivity index (χ3v) is 8.68. The molecule has 1 aromatic carbocycles. The number of thiazole rings is 1. The molecule has 2 N–H and O–H groups in total. The Kier molecular flexibility index (Phi) is 7.78. The Morgan fingerprint density at radius 3 is 2.59 bits per heavy atom. The number of rotatable bonds is 11. The van der Waals surface area contributed by atoms with Gasteiger partial charge in [-0.2, -0.15) is 0 Å². The summed E-state index contributed by atoms with van der Waals surface area (Å²) in [5.74, 6) is -3.93. The number of carbonyl (C=O) groups is 3. The minimum atomic E-state index is -4.25. The number of fused-ring (bicyclic) bond motifs is 1. The van der Waals surface area contributed by atoms with Crippen LogP contribution in [-0.2, 0) is 24.2 Å². The van der Waals surface area contributed by atoms with Crippen LogP contribution in [0.2, 0.25) is 0 Å². The zero-order valence-electron chi connectivity index (χ0n) is 19.5. The molecule has 37 heavy (non-hydrogen) atoms. The Bertz CT molecular complexity index is 1470. The molecule has 1 atom stereocenters. The van der Waals surface area contributed by atoms with E-state index in [-0.39, 0.29) is 44.7 Å². The summed E-state index contributed by atoms with van der Waals surface area (Å²) in [5.41, 5.74) is 0.306. The summed E-state index contributed by atoms with van der Waals surface area (Å²) in [7, 11) is -3.00. The molecule has 2 aromatic heterocycles. The average Bonchev–Trinajstić information content (AvgIpc) is 3.57. The van der Waals surface area contributed by atoms with Crippen LogP contribution in [0.5, 0.6) is 5.88 Å². The van der Waals surface area contributed by atoms with Gasteiger partial charge in [-0.1, -0.05) is 0 Å². The number of aldehydes is 1. The topological polar surface area (TPSA) is 144 Å². The van der Waals surface area contributed by atoms with E-state index in [1.807, 2.05) is 0 Å². The Labute approximate surface area is 214 Å². The van der Waals surface area contributed by atoms with Gasteiger partial charge in [0.05, 0.1) is 24.1 Å². The number of pyridine rings is 1. The molecule has 0 spiro atoms. The Morgan fingerprint density at radius 1 is 1.22 bits per heavy atom. The van der Waals surface area contributed by atoms with E-state index >= 15 is 0 Å². The second-order valence-electron chi connectivity index (χ2n) is 8.33. The maximum Gasteiger partial charge on any atom is 0.250 e. The number of methoxy groups -OCH3 is 1. The fourth-order valence-corrected chi connectivity index (χ4v) is 6.56. The number of hydrogen-bond acceptors (Lipinski definition) is 9. The van der Waals surface area contributed by atoms with Gasteiger partial charge in [-0.25, -0.2) is 27.2 Å². The summed E-state index contributed by atoms with van der Waals surface area (Å²) >= 11 is 0.765. The van der Waals surface area contributed by atoms with Crippen LogP contribution in [0.1, 0.15) is 29.5 Å². The first-order chi connectivity index (χ1) is 17.6. The largest absolute Gasteiger partial charge is 0.479 e. The van der Waals surface area contributed by atoms with Crippen molar-refractivity contribution in [3.63, 3.8) is 0 Å². The molecule has 0 aliphatic heterocycles. The average molecular weight is 553 g/mol. The van der Waals surface area contributed by atoms with Gasteiger partial charge in [0.1, 0.15) is 16.8 Å². The maximum absolute atomic E-state index is 15.0. The van der Waals surface area contributed by atoms with Crippen LogP contribution in [0, 0.1) is 11.6 Å². The first-order valence-electron chi connectivity index (χ1n) is 11.1. The minimum absolute atomic E-state index is 0.0485. The van der Waals surface area contributed by atoms with Crippen molar-refractivity contribution >= 4 is 49.5 Å². The molecule has 3 aromatic rings. The smallest absolute Gasteiger partial charge is 0.250 e. The van der Waals surface area contributed by atoms with Gasteiger partial charge in [0.25, 0.3) is 0 Å². The molecule has 0 radical (unpaired) electrons. The molecule has 0 saturated heterocycles. The highest BCUT2D eigenvalue weighted by molar-refractivity contribution is 7.92. The third kappa shape index (κ3) is 6.07. The Hall–Kier alpha value is -3.52. The van der Waals surface area contributed by atoms with Gasteiger partial charge in [0, 0.05) is 24.2 Å². The van der Waals surface area contributed by atoms with E-state index in [9.17, 15) is 31.6 Å². The van der Waals surface area contributed by atoms with Crippen LogP contribution in [0.25, 0.3) is 21.3 Å². The van der Waals surface area contributed by atoms with Crippen molar-refractivity contribution in [3.8, 4) is 17.0 Å². The van der Waals surface area contributed by atoms with Crippen molar-refractivity contribution in [1.82, 2.24) is 20.6 Å². The summed E-state index contributed by atoms with van der Waals surface area (Å²) in [6.07, 6.45) is 3.01. The predicted molar refractivity (Wildman–Crippen MR) is 131 cm³/mol. The lowest BCUT2D eigenvalue weighted by Crippen LogP contribution is -2.41. The van der Waals surface area contributed by atoms with Crippen molar-refractivity contribution in [1.29, 1.82) is 0 Å². The number of aromatic nitrogens is 2. The lowest BCUT2D eigenvalue weighted by molar-refractivity contribution is -0.126. The van der Waals surface area contributed by atoms with Crippen molar-refractivity contribution in [2.75, 3.05) is 19.4 Å². The van der Waals surface area contributed by atoms with Crippen LogP contribution in [0.4, 0.5) is 8.78 Å². The lowest BCUT2D eigenvalue weighted by Gasteiger charge is -2.15. The van der Waals surface area contributed by atoms with E-state index in [0.29, 0.717) is 6.29 Å². The summed E-state index contributed by atoms with van der Waals surface area (Å²) in [5, 5.41) is 2.89. The summed E-state index contributed by atoms with van der Waals surface area (Å²) in [4.78, 5) is 43.7. The summed E-state index contributed by atoms with van der Waals surface area (Å²) in [6, 6.07) is 3.72. The predicted octanol–water partition coefficient (Wildman–Crippen LogP) is 2.08. The zero-order chi connectivity index (χ0) is 26.7. The lowest BCUT2D eigenvalue weighted by atomic mass is 10.1. The van der Waals surface area contributed by atoms with Crippen LogP contribution in [0.3, 0.4) is 0 Å². The second kappa shape index (κ2) is 10.8. The highest BCUT2D eigenvalue weighted by atomic mass is 32.2. The highest BCUT2D eigenvalue weighted by Crippen LogP contribution is 2.36. The molecule has 1 aliphatic carbocycles. The molecule has 1 aliphatic rings. The molecule has 1 saturated carbocycles. The standard InChI is InChI=1S/C23H22F2N4O6S2/c1-35-22-16(25)8-13(10-27-22)12-7-15(24)19-17(9-12)36-23(29-19)20(37(33,34)6-2-5-30)21(32)26-11-18(31)28-14-3-4-14/h5,7-10,14,20H,2-4,6,11H2,1H3,(H,26,32)(H,28,31). The normalized spacial score (nSPS) is 14.2. The summed E-state index contributed by atoms with van der Waals surface area (Å²) < 4.78 is 60.1. The molecule has 2 heterocycles. The number of hydrogen-bond donors (Lipinski definition) is 2. The molecule has 4 rings (SSSR count). The van der Waals surface area contributed by atoms with Gasteiger partial charge in [-0.05, 0) is 36.6 Å². The number of ether oxygens (including phenoxy) is 1. The van der Waals surface area contributed by atoms with Gasteiger partial charge in [0.2, 0.25) is 17.7 Å². The van der Waals surface area contributed by atoms with E-state index in [0.717, 1.165) is 36.3 Å². The minimum Gasteiger partial charge on any atom is -0.479 e. The van der Waals surface area contributed by atoms with E-state index in [1.165, 1.54) is 19.4 Å². The van der Waals surface area contributed by atoms with Gasteiger partial charge >= 0.3 is 0 Å². The molecular weight excluding hydrogens is 530 g/mol. The molecular formula is C23H22F2N4O6S2. The fraction of sp³-hybridized carbons (Fsp3) is 0.348. The maximum atomic E-state index is 15.0. The molecule has 2 amide bonds. The molecule has 196 valence electrons. The van der Waals surface area contributed by atoms with Crippen LogP contribution in [-0.4, -0.2) is 61.9 Å². The third-order valence-electron chi connectivity index (χ3n) is 5.51. The van der Waals surface area contributed by atoms with Crippen LogP contribution in [0.15, 0.2) is 24.4 Å². The van der Waals surface area contributed by atoms with E-state index in [1.54, 1.807) is 0 Å². The van der Waals surface area contributed by atoms with Crippen molar-refractivity contribution < 1.29 is 36.3 Å². The second-order valence-corrected chi connectivity index (χ2v) is 11.6. The van der Waals surface area contributed by atoms with Gasteiger partial charge < -0.3 is 20.2 Å². The van der Waals surface area contributed by atoms with Gasteiger partial charge in [0.15, 0.2) is 26.7 Å². The summed E-state index contributed by atoms with van der Waals surface area (Å²) in [6.45, 7) is -0.450. The number of nitrogens with zero attached hydrogens (tertiary/aromatic N) is 2. The first kappa shape index (κ1) is 26.5. The molecule has 1 unspecified atom stereocenters. The number of halogens is 2. The van der Waals surface area contributed by atoms with E-state index in [2.05, 4.69) is 20.6 Å². The number of carbonyl (C=O) groups excluding carboxylic acids is 3. The van der Waals surface area contributed by atoms with E-state index in [4.69, 9.17) is 4.74 Å². The van der Waals surface area contributed by atoms with E-state index < -0.39 is 50.8 Å². The van der Waals surface area contributed by atoms with Gasteiger partial charge in [-0.15, -0.1) is 11.3 Å². The number of nitrogens with one attached hydrogen (secondary N) is 2. The SMILES string of the molecule is COc1ncc(-c2cc(F)c3nc(C(C(=O)NCC(=O)NC4CC4)S(=O)(=O)CCC=O)sc3c2)cc1F. The molecule has 1 fully saturated rings. The quantitative estimate of drug-likeness (QED) is 0.344. The van der Waals surface area contributed by atoms with Crippen LogP contribution < -0.4 is 15.4 Å². The van der Waals surface area contributed by atoms with Crippen molar-refractivity contribution in [2.45, 2.75) is 30.6 Å². The number of sulfone groups is 1. The number of amides is 2. The fourth-order valence-electron chi connectivity index (χ4n) is 3.54.